The number of carbonyl (C=O) groups is 1. The lowest BCUT2D eigenvalue weighted by atomic mass is 10.1. The maximum absolute atomic E-state index is 11.0. The number of rotatable bonds is 6. The number of hydrogen-bond donors (Lipinski definition) is 1. The van der Waals surface area contributed by atoms with Crippen LogP contribution in [0.15, 0.2) is 69.5 Å². The number of benzene rings is 2. The van der Waals surface area contributed by atoms with Gasteiger partial charge in [-0.25, -0.2) is 0 Å². The molecular formula is C20H16N4O3S. The zero-order chi connectivity index (χ0) is 19.5. The lowest BCUT2D eigenvalue weighted by Crippen LogP contribution is -2.02. The minimum absolute atomic E-state index is 0.133. The fourth-order valence-corrected chi connectivity index (χ4v) is 3.46. The molecule has 0 fully saturated rings. The second-order valence-electron chi connectivity index (χ2n) is 6.00. The van der Waals surface area contributed by atoms with E-state index in [9.17, 15) is 4.79 Å². The van der Waals surface area contributed by atoms with Gasteiger partial charge in [0.1, 0.15) is 5.76 Å². The molecule has 140 valence electrons. The number of nitrogens with zero attached hydrogens (tertiary/aromatic N) is 4. The first-order valence-electron chi connectivity index (χ1n) is 8.50. The van der Waals surface area contributed by atoms with Crippen molar-refractivity contribution in [3.63, 3.8) is 0 Å². The van der Waals surface area contributed by atoms with E-state index in [1.165, 1.54) is 0 Å². The van der Waals surface area contributed by atoms with Gasteiger partial charge in [-0.05, 0) is 23.8 Å². The van der Waals surface area contributed by atoms with Crippen molar-refractivity contribution in [2.75, 3.05) is 5.75 Å². The molecule has 0 unspecified atom stereocenters. The highest BCUT2D eigenvalue weighted by Crippen LogP contribution is 2.27. The van der Waals surface area contributed by atoms with Gasteiger partial charge in [0.05, 0.1) is 23.8 Å². The standard InChI is InChI=1S/C20H16N4O3S/c1-13-16(9-10-27-13)19-22-23-20(28-12-18(25)26)24(19)21-11-15-7-4-6-14-5-2-3-8-17(14)15/h2-11H,12H2,1H3,(H,25,26)/b21-11-. The van der Waals surface area contributed by atoms with Gasteiger partial charge in [0.15, 0.2) is 5.82 Å². The van der Waals surface area contributed by atoms with Crippen molar-refractivity contribution in [1.82, 2.24) is 14.9 Å². The Morgan fingerprint density at radius 1 is 1.21 bits per heavy atom. The molecule has 28 heavy (non-hydrogen) atoms. The highest BCUT2D eigenvalue weighted by molar-refractivity contribution is 7.99. The third-order valence-electron chi connectivity index (χ3n) is 4.17. The van der Waals surface area contributed by atoms with Crippen LogP contribution in [0.5, 0.6) is 0 Å². The summed E-state index contributed by atoms with van der Waals surface area (Å²) < 4.78 is 6.92. The minimum Gasteiger partial charge on any atom is -0.481 e. The molecule has 0 saturated heterocycles. The normalized spacial score (nSPS) is 11.5. The summed E-state index contributed by atoms with van der Waals surface area (Å²) in [6, 6.07) is 15.8. The van der Waals surface area contributed by atoms with Crippen LogP contribution >= 0.6 is 11.8 Å². The van der Waals surface area contributed by atoms with Crippen molar-refractivity contribution in [2.24, 2.45) is 5.10 Å². The predicted molar refractivity (Wildman–Crippen MR) is 108 cm³/mol. The van der Waals surface area contributed by atoms with Crippen molar-refractivity contribution < 1.29 is 14.3 Å². The van der Waals surface area contributed by atoms with Crippen LogP contribution < -0.4 is 0 Å². The molecule has 2 aromatic carbocycles. The van der Waals surface area contributed by atoms with Gasteiger partial charge < -0.3 is 9.52 Å². The van der Waals surface area contributed by atoms with E-state index in [0.29, 0.717) is 16.7 Å². The van der Waals surface area contributed by atoms with E-state index < -0.39 is 5.97 Å². The summed E-state index contributed by atoms with van der Waals surface area (Å²) in [5.41, 5.74) is 1.69. The second-order valence-corrected chi connectivity index (χ2v) is 6.95. The van der Waals surface area contributed by atoms with E-state index >= 15 is 0 Å². The van der Waals surface area contributed by atoms with Crippen LogP contribution in [-0.4, -0.2) is 37.9 Å². The molecule has 0 amide bonds. The van der Waals surface area contributed by atoms with Crippen LogP contribution in [0.3, 0.4) is 0 Å². The number of aliphatic carboxylic acids is 1. The van der Waals surface area contributed by atoms with Crippen LogP contribution in [0.4, 0.5) is 0 Å². The van der Waals surface area contributed by atoms with Gasteiger partial charge in [0.25, 0.3) is 0 Å². The molecule has 0 bridgehead atoms. The lowest BCUT2D eigenvalue weighted by Gasteiger charge is -2.04. The number of furan rings is 1. The van der Waals surface area contributed by atoms with Crippen LogP contribution in [0.1, 0.15) is 11.3 Å². The topological polar surface area (TPSA) is 93.5 Å². The maximum atomic E-state index is 11.0. The summed E-state index contributed by atoms with van der Waals surface area (Å²) in [6.45, 7) is 1.83. The first-order chi connectivity index (χ1) is 13.6. The Morgan fingerprint density at radius 2 is 2.04 bits per heavy atom. The number of carboxylic acids is 1. The molecule has 2 heterocycles. The summed E-state index contributed by atoms with van der Waals surface area (Å²) in [4.78, 5) is 11.0. The molecule has 0 radical (unpaired) electrons. The Hall–Kier alpha value is -3.39. The zero-order valence-corrected chi connectivity index (χ0v) is 15.8. The molecular weight excluding hydrogens is 376 g/mol. The molecule has 4 aromatic rings. The number of hydrogen-bond acceptors (Lipinski definition) is 6. The third-order valence-corrected chi connectivity index (χ3v) is 5.08. The molecule has 0 aliphatic carbocycles. The molecule has 2 aromatic heterocycles. The number of fused-ring (bicyclic) bond motifs is 1. The Kier molecular flexibility index (Phi) is 4.94. The Labute approximate surface area is 164 Å². The van der Waals surface area contributed by atoms with Gasteiger partial charge in [-0.15, -0.1) is 10.2 Å². The van der Waals surface area contributed by atoms with E-state index in [1.54, 1.807) is 23.2 Å². The zero-order valence-electron chi connectivity index (χ0n) is 14.9. The van der Waals surface area contributed by atoms with Gasteiger partial charge in [-0.3, -0.25) is 4.79 Å². The fraction of sp³-hybridized carbons (Fsp3) is 0.100. The Balaban J connectivity index is 1.78. The number of carboxylic acid groups (broad SMARTS) is 1. The van der Waals surface area contributed by atoms with E-state index in [1.807, 2.05) is 49.4 Å². The van der Waals surface area contributed by atoms with Crippen molar-refractivity contribution in [3.8, 4) is 11.4 Å². The monoisotopic (exact) mass is 392 g/mol. The average molecular weight is 392 g/mol. The molecule has 7 nitrogen and oxygen atoms in total. The summed E-state index contributed by atoms with van der Waals surface area (Å²) in [5.74, 6) is 0.116. The minimum atomic E-state index is -0.932. The number of thioether (sulfide) groups is 1. The molecule has 0 aliphatic heterocycles. The maximum Gasteiger partial charge on any atom is 0.313 e. The first kappa shape index (κ1) is 18.0. The highest BCUT2D eigenvalue weighted by atomic mass is 32.2. The van der Waals surface area contributed by atoms with Crippen LogP contribution in [0, 0.1) is 6.92 Å². The lowest BCUT2D eigenvalue weighted by molar-refractivity contribution is -0.133. The van der Waals surface area contributed by atoms with Gasteiger partial charge in [0.2, 0.25) is 5.16 Å². The largest absolute Gasteiger partial charge is 0.481 e. The summed E-state index contributed by atoms with van der Waals surface area (Å²) in [5, 5.41) is 24.5. The molecule has 0 saturated carbocycles. The number of aryl methyl sites for hydroxylation is 1. The van der Waals surface area contributed by atoms with Gasteiger partial charge >= 0.3 is 5.97 Å². The van der Waals surface area contributed by atoms with Crippen molar-refractivity contribution in [2.45, 2.75) is 12.1 Å². The van der Waals surface area contributed by atoms with Crippen molar-refractivity contribution in [1.29, 1.82) is 0 Å². The Morgan fingerprint density at radius 3 is 2.82 bits per heavy atom. The van der Waals surface area contributed by atoms with Crippen LogP contribution in [0.2, 0.25) is 0 Å². The molecule has 0 spiro atoms. The van der Waals surface area contributed by atoms with Crippen LogP contribution in [-0.2, 0) is 4.79 Å². The molecule has 8 heteroatoms. The van der Waals surface area contributed by atoms with Gasteiger partial charge in [0, 0.05) is 5.56 Å². The van der Waals surface area contributed by atoms with Crippen LogP contribution in [0.25, 0.3) is 22.2 Å². The second kappa shape index (κ2) is 7.69. The first-order valence-corrected chi connectivity index (χ1v) is 9.48. The third kappa shape index (κ3) is 3.54. The van der Waals surface area contributed by atoms with Gasteiger partial charge in [-0.1, -0.05) is 54.2 Å². The predicted octanol–water partition coefficient (Wildman–Crippen LogP) is 4.06. The number of aromatic nitrogens is 3. The molecule has 0 aliphatic rings. The highest BCUT2D eigenvalue weighted by Gasteiger charge is 2.18. The van der Waals surface area contributed by atoms with Gasteiger partial charge in [-0.2, -0.15) is 9.78 Å². The van der Waals surface area contributed by atoms with E-state index in [2.05, 4.69) is 15.3 Å². The molecule has 0 atom stereocenters. The molecule has 4 rings (SSSR count). The summed E-state index contributed by atoms with van der Waals surface area (Å²) in [6.07, 6.45) is 3.30. The fourth-order valence-electron chi connectivity index (χ4n) is 2.85. The smallest absolute Gasteiger partial charge is 0.313 e. The quantitative estimate of drug-likeness (QED) is 0.393. The van der Waals surface area contributed by atoms with Crippen molar-refractivity contribution >= 4 is 34.7 Å². The van der Waals surface area contributed by atoms with Crippen molar-refractivity contribution in [3.05, 3.63) is 66.1 Å². The molecule has 1 N–H and O–H groups in total. The Bertz CT molecular complexity index is 1170. The summed E-state index contributed by atoms with van der Waals surface area (Å²) >= 11 is 1.06. The summed E-state index contributed by atoms with van der Waals surface area (Å²) in [7, 11) is 0. The van der Waals surface area contributed by atoms with E-state index in [-0.39, 0.29) is 5.75 Å². The SMILES string of the molecule is Cc1occc1-c1nnc(SCC(=O)O)n1/N=C\c1cccc2ccccc12. The van der Waals surface area contributed by atoms with E-state index in [4.69, 9.17) is 9.52 Å². The average Bonchev–Trinajstić information content (AvgIpc) is 3.30. The van der Waals surface area contributed by atoms with E-state index in [0.717, 1.165) is 33.7 Å².